The molecule has 0 aromatic heterocycles. The molecule has 2 aromatic rings. The highest BCUT2D eigenvalue weighted by Crippen LogP contribution is 2.29. The fourth-order valence-electron chi connectivity index (χ4n) is 1.73. The molecule has 19 heavy (non-hydrogen) atoms. The van der Waals surface area contributed by atoms with Crippen LogP contribution in [0.4, 0.5) is 5.69 Å². The van der Waals surface area contributed by atoms with Crippen molar-refractivity contribution in [3.63, 3.8) is 0 Å². The van der Waals surface area contributed by atoms with E-state index >= 15 is 0 Å². The Balaban J connectivity index is 2.14. The Labute approximate surface area is 121 Å². The van der Waals surface area contributed by atoms with Crippen molar-refractivity contribution < 1.29 is 9.47 Å². The highest BCUT2D eigenvalue weighted by Gasteiger charge is 2.06. The summed E-state index contributed by atoms with van der Waals surface area (Å²) in [7, 11) is 1.64. The Kier molecular flexibility index (Phi) is 4.32. The SMILES string of the molecule is COc1cc(C)ccc1OCc1ccc(N)cc1Br. The van der Waals surface area contributed by atoms with Crippen molar-refractivity contribution in [3.8, 4) is 11.5 Å². The summed E-state index contributed by atoms with van der Waals surface area (Å²) in [6.45, 7) is 2.48. The smallest absolute Gasteiger partial charge is 0.161 e. The fourth-order valence-corrected chi connectivity index (χ4v) is 2.24. The number of aryl methyl sites for hydroxylation is 1. The van der Waals surface area contributed by atoms with Crippen LogP contribution in [0.25, 0.3) is 0 Å². The van der Waals surface area contributed by atoms with Crippen LogP contribution in [0.1, 0.15) is 11.1 Å². The maximum atomic E-state index is 5.79. The maximum Gasteiger partial charge on any atom is 0.161 e. The third-order valence-electron chi connectivity index (χ3n) is 2.78. The van der Waals surface area contributed by atoms with E-state index < -0.39 is 0 Å². The number of nitrogens with two attached hydrogens (primary N) is 1. The molecule has 0 aliphatic heterocycles. The molecule has 0 bridgehead atoms. The predicted molar refractivity (Wildman–Crippen MR) is 80.6 cm³/mol. The number of rotatable bonds is 4. The van der Waals surface area contributed by atoms with E-state index in [1.165, 1.54) is 0 Å². The molecular weight excluding hydrogens is 306 g/mol. The Hall–Kier alpha value is -1.68. The number of anilines is 1. The minimum atomic E-state index is 0.459. The molecule has 0 saturated carbocycles. The standard InChI is InChI=1S/C15H16BrNO2/c1-10-3-6-14(15(7-10)18-2)19-9-11-4-5-12(17)8-13(11)16/h3-8H,9,17H2,1-2H3. The lowest BCUT2D eigenvalue weighted by Crippen LogP contribution is -1.99. The molecule has 0 spiro atoms. The van der Waals surface area contributed by atoms with E-state index in [1.54, 1.807) is 7.11 Å². The Morgan fingerprint density at radius 3 is 2.58 bits per heavy atom. The van der Waals surface area contributed by atoms with E-state index in [1.807, 2.05) is 43.3 Å². The summed E-state index contributed by atoms with van der Waals surface area (Å²) < 4.78 is 12.0. The van der Waals surface area contributed by atoms with E-state index in [2.05, 4.69) is 15.9 Å². The fraction of sp³-hybridized carbons (Fsp3) is 0.200. The first-order valence-electron chi connectivity index (χ1n) is 5.91. The largest absolute Gasteiger partial charge is 0.493 e. The van der Waals surface area contributed by atoms with Gasteiger partial charge in [-0.05, 0) is 36.8 Å². The van der Waals surface area contributed by atoms with Crippen molar-refractivity contribution in [2.75, 3.05) is 12.8 Å². The third kappa shape index (κ3) is 3.41. The summed E-state index contributed by atoms with van der Waals surface area (Å²) in [5.41, 5.74) is 8.61. The first-order valence-corrected chi connectivity index (χ1v) is 6.71. The van der Waals surface area contributed by atoms with Gasteiger partial charge in [-0.25, -0.2) is 0 Å². The van der Waals surface area contributed by atoms with Crippen molar-refractivity contribution in [1.29, 1.82) is 0 Å². The first kappa shape index (κ1) is 13.7. The van der Waals surface area contributed by atoms with Gasteiger partial charge >= 0.3 is 0 Å². The van der Waals surface area contributed by atoms with Crippen molar-refractivity contribution in [1.82, 2.24) is 0 Å². The van der Waals surface area contributed by atoms with Crippen molar-refractivity contribution >= 4 is 21.6 Å². The van der Waals surface area contributed by atoms with E-state index in [9.17, 15) is 0 Å². The molecule has 0 saturated heterocycles. The number of halogens is 1. The van der Waals surface area contributed by atoms with Gasteiger partial charge in [0.05, 0.1) is 7.11 Å². The summed E-state index contributed by atoms with van der Waals surface area (Å²) in [5, 5.41) is 0. The molecule has 2 N–H and O–H groups in total. The number of hydrogen-bond acceptors (Lipinski definition) is 3. The van der Waals surface area contributed by atoms with Crippen LogP contribution < -0.4 is 15.2 Å². The molecule has 2 aromatic carbocycles. The predicted octanol–water partition coefficient (Wildman–Crippen LogP) is 3.93. The van der Waals surface area contributed by atoms with Crippen LogP contribution in [-0.4, -0.2) is 7.11 Å². The zero-order valence-corrected chi connectivity index (χ0v) is 12.5. The van der Waals surface area contributed by atoms with Gasteiger partial charge in [0.1, 0.15) is 6.61 Å². The number of hydrogen-bond donors (Lipinski definition) is 1. The second-order valence-electron chi connectivity index (χ2n) is 4.29. The van der Waals surface area contributed by atoms with Gasteiger partial charge in [-0.3, -0.25) is 0 Å². The topological polar surface area (TPSA) is 44.5 Å². The van der Waals surface area contributed by atoms with Crippen LogP contribution in [0.15, 0.2) is 40.9 Å². The lowest BCUT2D eigenvalue weighted by Gasteiger charge is -2.12. The minimum absolute atomic E-state index is 0.459. The van der Waals surface area contributed by atoms with Crippen molar-refractivity contribution in [3.05, 3.63) is 52.0 Å². The van der Waals surface area contributed by atoms with E-state index in [0.717, 1.165) is 32.8 Å². The monoisotopic (exact) mass is 321 g/mol. The zero-order valence-electron chi connectivity index (χ0n) is 10.9. The minimum Gasteiger partial charge on any atom is -0.493 e. The quantitative estimate of drug-likeness (QED) is 0.868. The summed E-state index contributed by atoms with van der Waals surface area (Å²) in [4.78, 5) is 0. The average molecular weight is 322 g/mol. The number of nitrogen functional groups attached to an aromatic ring is 1. The molecule has 0 fully saturated rings. The number of benzene rings is 2. The summed E-state index contributed by atoms with van der Waals surface area (Å²) >= 11 is 3.48. The van der Waals surface area contributed by atoms with Gasteiger partial charge in [-0.2, -0.15) is 0 Å². The van der Waals surface area contributed by atoms with Gasteiger partial charge in [0.25, 0.3) is 0 Å². The lowest BCUT2D eigenvalue weighted by atomic mass is 10.2. The Morgan fingerprint density at radius 2 is 1.89 bits per heavy atom. The van der Waals surface area contributed by atoms with E-state index in [4.69, 9.17) is 15.2 Å². The van der Waals surface area contributed by atoms with E-state index in [0.29, 0.717) is 6.61 Å². The molecule has 0 unspecified atom stereocenters. The second kappa shape index (κ2) is 5.97. The summed E-state index contributed by atoms with van der Waals surface area (Å²) in [6, 6.07) is 11.5. The number of ether oxygens (including phenoxy) is 2. The normalized spacial score (nSPS) is 10.3. The van der Waals surface area contributed by atoms with Gasteiger partial charge in [-0.15, -0.1) is 0 Å². The molecule has 0 aliphatic carbocycles. The first-order chi connectivity index (χ1) is 9.10. The summed E-state index contributed by atoms with van der Waals surface area (Å²) in [6.07, 6.45) is 0. The van der Waals surface area contributed by atoms with Crippen LogP contribution in [0, 0.1) is 6.92 Å². The molecule has 3 nitrogen and oxygen atoms in total. The van der Waals surface area contributed by atoms with Crippen molar-refractivity contribution in [2.45, 2.75) is 13.5 Å². The van der Waals surface area contributed by atoms with Crippen LogP contribution >= 0.6 is 15.9 Å². The van der Waals surface area contributed by atoms with Crippen LogP contribution in [0.5, 0.6) is 11.5 Å². The van der Waals surface area contributed by atoms with Crippen LogP contribution in [-0.2, 0) is 6.61 Å². The van der Waals surface area contributed by atoms with Crippen LogP contribution in [0.3, 0.4) is 0 Å². The Bertz CT molecular complexity index is 584. The highest BCUT2D eigenvalue weighted by molar-refractivity contribution is 9.10. The number of methoxy groups -OCH3 is 1. The van der Waals surface area contributed by atoms with Gasteiger partial charge in [0, 0.05) is 15.7 Å². The maximum absolute atomic E-state index is 5.79. The highest BCUT2D eigenvalue weighted by atomic mass is 79.9. The molecule has 0 aliphatic rings. The van der Waals surface area contributed by atoms with Crippen molar-refractivity contribution in [2.24, 2.45) is 0 Å². The molecule has 2 rings (SSSR count). The average Bonchev–Trinajstić information content (AvgIpc) is 2.39. The molecule has 100 valence electrons. The lowest BCUT2D eigenvalue weighted by molar-refractivity contribution is 0.284. The van der Waals surface area contributed by atoms with Gasteiger partial charge in [-0.1, -0.05) is 28.1 Å². The molecule has 0 radical (unpaired) electrons. The molecule has 0 amide bonds. The molecule has 0 heterocycles. The summed E-state index contributed by atoms with van der Waals surface area (Å²) in [5.74, 6) is 1.48. The zero-order chi connectivity index (χ0) is 13.8. The Morgan fingerprint density at radius 1 is 1.11 bits per heavy atom. The second-order valence-corrected chi connectivity index (χ2v) is 5.15. The third-order valence-corrected chi connectivity index (χ3v) is 3.52. The van der Waals surface area contributed by atoms with Gasteiger partial charge in [0.15, 0.2) is 11.5 Å². The van der Waals surface area contributed by atoms with Crippen LogP contribution in [0.2, 0.25) is 0 Å². The van der Waals surface area contributed by atoms with Gasteiger partial charge in [0.2, 0.25) is 0 Å². The molecule has 4 heteroatoms. The van der Waals surface area contributed by atoms with E-state index in [-0.39, 0.29) is 0 Å². The molecular formula is C15H16BrNO2. The molecule has 0 atom stereocenters. The van der Waals surface area contributed by atoms with Gasteiger partial charge < -0.3 is 15.2 Å².